The fourth-order valence-corrected chi connectivity index (χ4v) is 3.75. The second kappa shape index (κ2) is 8.47. The van der Waals surface area contributed by atoms with Crippen molar-refractivity contribution in [2.75, 3.05) is 39.4 Å². The van der Waals surface area contributed by atoms with Crippen molar-refractivity contribution < 1.29 is 23.5 Å². The Morgan fingerprint density at radius 2 is 1.86 bits per heavy atom. The summed E-state index contributed by atoms with van der Waals surface area (Å²) >= 11 is 0. The van der Waals surface area contributed by atoms with E-state index in [1.165, 1.54) is 12.1 Å². The molecule has 0 aliphatic carbocycles. The van der Waals surface area contributed by atoms with Gasteiger partial charge in [0.15, 0.2) is 0 Å². The lowest BCUT2D eigenvalue weighted by Gasteiger charge is -2.36. The van der Waals surface area contributed by atoms with E-state index in [0.29, 0.717) is 51.6 Å². The van der Waals surface area contributed by atoms with E-state index in [4.69, 9.17) is 9.47 Å². The average Bonchev–Trinajstić information content (AvgIpc) is 2.99. The molecule has 7 heteroatoms. The van der Waals surface area contributed by atoms with Crippen molar-refractivity contribution in [1.82, 2.24) is 9.80 Å². The van der Waals surface area contributed by atoms with Crippen molar-refractivity contribution in [3.63, 3.8) is 0 Å². The number of amides is 2. The minimum absolute atomic E-state index is 0.0170. The predicted molar refractivity (Wildman–Crippen MR) is 103 cm³/mol. The van der Waals surface area contributed by atoms with E-state index in [-0.39, 0.29) is 28.9 Å². The largest absolute Gasteiger partial charge is 0.494 e. The Kier molecular flexibility index (Phi) is 6.23. The van der Waals surface area contributed by atoms with Gasteiger partial charge in [-0.2, -0.15) is 0 Å². The Balaban J connectivity index is 1.56. The zero-order valence-electron chi connectivity index (χ0n) is 16.9. The molecule has 6 nitrogen and oxygen atoms in total. The molecule has 0 saturated carbocycles. The van der Waals surface area contributed by atoms with Gasteiger partial charge in [-0.15, -0.1) is 0 Å². The smallest absolute Gasteiger partial charge is 0.254 e. The van der Waals surface area contributed by atoms with E-state index in [0.717, 1.165) is 6.42 Å². The minimum atomic E-state index is -0.498. The standard InChI is InChI=1S/C21H29FN2O4/c1-4-27-17-12-15(11-16(22)13-17)20(26)24-8-6-23(7-9-24)19(25)14-18-21(2,3)5-10-28-18/h11-13,18H,4-10,14H2,1-3H3. The van der Waals surface area contributed by atoms with Crippen LogP contribution in [0.25, 0.3) is 0 Å². The van der Waals surface area contributed by atoms with Crippen LogP contribution in [0, 0.1) is 11.2 Å². The highest BCUT2D eigenvalue weighted by molar-refractivity contribution is 5.94. The summed E-state index contributed by atoms with van der Waals surface area (Å²) in [5.41, 5.74) is 0.285. The van der Waals surface area contributed by atoms with Crippen molar-refractivity contribution >= 4 is 11.8 Å². The number of benzene rings is 1. The van der Waals surface area contributed by atoms with Gasteiger partial charge in [0.05, 0.1) is 19.1 Å². The van der Waals surface area contributed by atoms with E-state index < -0.39 is 5.82 Å². The SMILES string of the molecule is CCOc1cc(F)cc(C(=O)N2CCN(C(=O)CC3OCCC3(C)C)CC2)c1. The summed E-state index contributed by atoms with van der Waals surface area (Å²) in [6.07, 6.45) is 1.29. The Morgan fingerprint density at radius 3 is 2.46 bits per heavy atom. The third-order valence-electron chi connectivity index (χ3n) is 5.65. The third-order valence-corrected chi connectivity index (χ3v) is 5.65. The summed E-state index contributed by atoms with van der Waals surface area (Å²) < 4.78 is 24.8. The van der Waals surface area contributed by atoms with Crippen LogP contribution >= 0.6 is 0 Å². The minimum Gasteiger partial charge on any atom is -0.494 e. The molecule has 2 amide bonds. The number of piperazine rings is 1. The van der Waals surface area contributed by atoms with Crippen LogP contribution in [0.15, 0.2) is 18.2 Å². The molecule has 2 saturated heterocycles. The second-order valence-electron chi connectivity index (χ2n) is 8.08. The zero-order valence-corrected chi connectivity index (χ0v) is 16.9. The highest BCUT2D eigenvalue weighted by atomic mass is 19.1. The van der Waals surface area contributed by atoms with Crippen LogP contribution in [-0.2, 0) is 9.53 Å². The molecule has 2 aliphatic rings. The molecular formula is C21H29FN2O4. The van der Waals surface area contributed by atoms with Gasteiger partial charge in [0.1, 0.15) is 11.6 Å². The zero-order chi connectivity index (χ0) is 20.3. The monoisotopic (exact) mass is 392 g/mol. The summed E-state index contributed by atoms with van der Waals surface area (Å²) in [6.45, 7) is 8.98. The normalized spacial score (nSPS) is 21.6. The van der Waals surface area contributed by atoms with Gasteiger partial charge < -0.3 is 19.3 Å². The van der Waals surface area contributed by atoms with Crippen LogP contribution in [0.3, 0.4) is 0 Å². The lowest BCUT2D eigenvalue weighted by atomic mass is 9.84. The van der Waals surface area contributed by atoms with Gasteiger partial charge in [-0.25, -0.2) is 4.39 Å². The Bertz CT molecular complexity index is 729. The Hall–Kier alpha value is -2.15. The first-order valence-electron chi connectivity index (χ1n) is 9.92. The van der Waals surface area contributed by atoms with E-state index in [1.807, 2.05) is 0 Å². The number of carbonyl (C=O) groups excluding carboxylic acids is 2. The topological polar surface area (TPSA) is 59.1 Å². The van der Waals surface area contributed by atoms with E-state index >= 15 is 0 Å². The van der Waals surface area contributed by atoms with Crippen LogP contribution in [0.1, 0.15) is 44.0 Å². The quantitative estimate of drug-likeness (QED) is 0.773. The molecule has 2 heterocycles. The molecule has 0 N–H and O–H groups in total. The van der Waals surface area contributed by atoms with Crippen LogP contribution in [0.5, 0.6) is 5.75 Å². The molecular weight excluding hydrogens is 363 g/mol. The van der Waals surface area contributed by atoms with Gasteiger partial charge in [0.25, 0.3) is 5.91 Å². The first-order valence-corrected chi connectivity index (χ1v) is 9.92. The fraction of sp³-hybridized carbons (Fsp3) is 0.619. The molecule has 3 rings (SSSR count). The van der Waals surface area contributed by atoms with Crippen molar-refractivity contribution in [3.05, 3.63) is 29.6 Å². The molecule has 1 unspecified atom stereocenters. The van der Waals surface area contributed by atoms with Crippen LogP contribution in [0.4, 0.5) is 4.39 Å². The third kappa shape index (κ3) is 4.63. The molecule has 2 aliphatic heterocycles. The molecule has 0 spiro atoms. The first kappa shape index (κ1) is 20.6. The predicted octanol–water partition coefficient (Wildman–Crippen LogP) is 2.71. The highest BCUT2D eigenvalue weighted by Gasteiger charge is 2.38. The highest BCUT2D eigenvalue weighted by Crippen LogP contribution is 2.35. The van der Waals surface area contributed by atoms with Gasteiger partial charge >= 0.3 is 0 Å². The number of ether oxygens (including phenoxy) is 2. The molecule has 154 valence electrons. The number of halogens is 1. The molecule has 1 atom stereocenters. The van der Waals surface area contributed by atoms with Gasteiger partial charge in [-0.05, 0) is 30.9 Å². The number of hydrogen-bond donors (Lipinski definition) is 0. The molecule has 2 fully saturated rings. The lowest BCUT2D eigenvalue weighted by Crippen LogP contribution is -2.51. The van der Waals surface area contributed by atoms with Crippen LogP contribution < -0.4 is 4.74 Å². The van der Waals surface area contributed by atoms with E-state index in [2.05, 4.69) is 13.8 Å². The average molecular weight is 392 g/mol. The van der Waals surface area contributed by atoms with Crippen molar-refractivity contribution in [3.8, 4) is 5.75 Å². The van der Waals surface area contributed by atoms with Gasteiger partial charge in [-0.1, -0.05) is 13.8 Å². The molecule has 0 radical (unpaired) electrons. The summed E-state index contributed by atoms with van der Waals surface area (Å²) in [5.74, 6) is -0.328. The maximum Gasteiger partial charge on any atom is 0.254 e. The first-order chi connectivity index (χ1) is 13.3. The molecule has 0 aromatic heterocycles. The summed E-state index contributed by atoms with van der Waals surface area (Å²) in [7, 11) is 0. The van der Waals surface area contributed by atoms with Crippen LogP contribution in [0.2, 0.25) is 0 Å². The van der Waals surface area contributed by atoms with Gasteiger partial charge in [0, 0.05) is 44.4 Å². The Morgan fingerprint density at radius 1 is 1.18 bits per heavy atom. The summed E-state index contributed by atoms with van der Waals surface area (Å²) in [5, 5.41) is 0. The summed E-state index contributed by atoms with van der Waals surface area (Å²) in [6, 6.07) is 4.05. The molecule has 0 bridgehead atoms. The number of nitrogens with zero attached hydrogens (tertiary/aromatic N) is 2. The fourth-order valence-electron chi connectivity index (χ4n) is 3.75. The molecule has 28 heavy (non-hydrogen) atoms. The van der Waals surface area contributed by atoms with Crippen molar-refractivity contribution in [1.29, 1.82) is 0 Å². The van der Waals surface area contributed by atoms with Crippen LogP contribution in [-0.4, -0.2) is 67.1 Å². The second-order valence-corrected chi connectivity index (χ2v) is 8.08. The van der Waals surface area contributed by atoms with Crippen molar-refractivity contribution in [2.45, 2.75) is 39.7 Å². The maximum atomic E-state index is 13.8. The molecule has 1 aromatic carbocycles. The number of hydrogen-bond acceptors (Lipinski definition) is 4. The maximum absolute atomic E-state index is 13.8. The molecule has 1 aromatic rings. The van der Waals surface area contributed by atoms with Gasteiger partial charge in [-0.3, -0.25) is 9.59 Å². The van der Waals surface area contributed by atoms with Gasteiger partial charge in [0.2, 0.25) is 5.91 Å². The summed E-state index contributed by atoms with van der Waals surface area (Å²) in [4.78, 5) is 28.8. The number of carbonyl (C=O) groups is 2. The van der Waals surface area contributed by atoms with Crippen molar-refractivity contribution in [2.24, 2.45) is 5.41 Å². The lowest BCUT2D eigenvalue weighted by molar-refractivity contribution is -0.136. The Labute approximate surface area is 165 Å². The van der Waals surface area contributed by atoms with E-state index in [9.17, 15) is 14.0 Å². The van der Waals surface area contributed by atoms with E-state index in [1.54, 1.807) is 22.8 Å². The number of rotatable bonds is 5.